The van der Waals surface area contributed by atoms with E-state index in [-0.39, 0.29) is 23.9 Å². The van der Waals surface area contributed by atoms with Crippen molar-refractivity contribution in [3.8, 4) is 0 Å². The number of rotatable bonds is 6. The van der Waals surface area contributed by atoms with Crippen LogP contribution in [0.5, 0.6) is 0 Å². The molecule has 1 fully saturated rings. The number of hydrogen-bond acceptors (Lipinski definition) is 6. The van der Waals surface area contributed by atoms with Gasteiger partial charge in [0.15, 0.2) is 5.17 Å². The highest BCUT2D eigenvalue weighted by atomic mass is 79.9. The monoisotopic (exact) mass is 476 g/mol. The van der Waals surface area contributed by atoms with Gasteiger partial charge in [0, 0.05) is 29.6 Å². The Morgan fingerprint density at radius 1 is 1.31 bits per heavy atom. The Morgan fingerprint density at radius 3 is 2.76 bits per heavy atom. The first-order valence-corrected chi connectivity index (χ1v) is 10.4. The average molecular weight is 477 g/mol. The van der Waals surface area contributed by atoms with E-state index in [4.69, 9.17) is 0 Å². The third-order valence-corrected chi connectivity index (χ3v) is 5.99. The maximum Gasteiger partial charge on any atom is 0.271 e. The lowest BCUT2D eigenvalue weighted by atomic mass is 10.2. The number of carbonyl (C=O) groups excluding carboxylic acids is 2. The van der Waals surface area contributed by atoms with E-state index in [1.165, 1.54) is 34.9 Å². The number of anilines is 1. The largest absolute Gasteiger partial charge is 0.325 e. The van der Waals surface area contributed by atoms with Gasteiger partial charge in [0.25, 0.3) is 5.69 Å². The molecule has 2 amide bonds. The van der Waals surface area contributed by atoms with Gasteiger partial charge in [-0.3, -0.25) is 24.6 Å². The second-order valence-electron chi connectivity index (χ2n) is 6.09. The molecule has 3 rings (SSSR count). The number of hydrogen-bond donors (Lipinski definition) is 1. The van der Waals surface area contributed by atoms with Crippen molar-refractivity contribution >= 4 is 61.7 Å². The summed E-state index contributed by atoms with van der Waals surface area (Å²) in [5.41, 5.74) is 0.936. The molecule has 0 aliphatic carbocycles. The molecule has 0 radical (unpaired) electrons. The van der Waals surface area contributed by atoms with Gasteiger partial charge in [-0.25, -0.2) is 4.99 Å². The molecule has 2 aromatic carbocycles. The number of aliphatic imine (C=N–C) groups is 1. The molecule has 0 bridgehead atoms. The van der Waals surface area contributed by atoms with Crippen molar-refractivity contribution in [3.63, 3.8) is 0 Å². The van der Waals surface area contributed by atoms with E-state index in [9.17, 15) is 19.7 Å². The number of nitrogens with one attached hydrogen (secondary N) is 1. The summed E-state index contributed by atoms with van der Waals surface area (Å²) >= 11 is 4.56. The first-order chi connectivity index (χ1) is 13.9. The third-order valence-electron chi connectivity index (χ3n) is 4.12. The number of nitro groups is 1. The van der Waals surface area contributed by atoms with Crippen LogP contribution in [0.25, 0.3) is 0 Å². The Morgan fingerprint density at radius 2 is 2.07 bits per heavy atom. The van der Waals surface area contributed by atoms with E-state index in [0.29, 0.717) is 23.1 Å². The van der Waals surface area contributed by atoms with Crippen molar-refractivity contribution in [2.75, 3.05) is 11.9 Å². The zero-order valence-corrected chi connectivity index (χ0v) is 17.8. The van der Waals surface area contributed by atoms with Crippen LogP contribution in [0.15, 0.2) is 58.0 Å². The summed E-state index contributed by atoms with van der Waals surface area (Å²) in [4.78, 5) is 41.4. The second kappa shape index (κ2) is 9.19. The van der Waals surface area contributed by atoms with Crippen LogP contribution in [-0.2, 0) is 9.59 Å². The lowest BCUT2D eigenvalue weighted by Crippen LogP contribution is -2.33. The first-order valence-electron chi connectivity index (χ1n) is 8.74. The highest BCUT2D eigenvalue weighted by Crippen LogP contribution is 2.32. The van der Waals surface area contributed by atoms with Crippen LogP contribution >= 0.6 is 27.7 Å². The number of non-ortho nitro benzene ring substituents is 1. The fourth-order valence-corrected chi connectivity index (χ4v) is 4.34. The van der Waals surface area contributed by atoms with Gasteiger partial charge < -0.3 is 5.32 Å². The Balaban J connectivity index is 1.75. The van der Waals surface area contributed by atoms with Crippen molar-refractivity contribution in [1.29, 1.82) is 0 Å². The molecule has 29 heavy (non-hydrogen) atoms. The Labute approximate surface area is 179 Å². The van der Waals surface area contributed by atoms with Gasteiger partial charge in [0.05, 0.1) is 16.3 Å². The summed E-state index contributed by atoms with van der Waals surface area (Å²) in [6.07, 6.45) is -0.00467. The predicted octanol–water partition coefficient (Wildman–Crippen LogP) is 4.34. The van der Waals surface area contributed by atoms with Crippen molar-refractivity contribution in [2.45, 2.75) is 18.6 Å². The zero-order valence-electron chi connectivity index (χ0n) is 15.4. The highest BCUT2D eigenvalue weighted by Gasteiger charge is 2.38. The molecule has 150 valence electrons. The maximum absolute atomic E-state index is 12.7. The molecule has 8 nitrogen and oxygen atoms in total. The van der Waals surface area contributed by atoms with Gasteiger partial charge in [-0.1, -0.05) is 30.0 Å². The summed E-state index contributed by atoms with van der Waals surface area (Å²) in [5, 5.41) is 13.6. The summed E-state index contributed by atoms with van der Waals surface area (Å²) in [5.74, 6) is -0.487. The van der Waals surface area contributed by atoms with Crippen LogP contribution in [0.1, 0.15) is 13.3 Å². The van der Waals surface area contributed by atoms with E-state index in [0.717, 1.165) is 4.47 Å². The van der Waals surface area contributed by atoms with Crippen LogP contribution in [-0.4, -0.2) is 38.6 Å². The molecule has 1 N–H and O–H groups in total. The Hall–Kier alpha value is -2.72. The standard InChI is InChI=1S/C19H17BrN4O4S/c1-2-23-18(26)16(11-17(25)22-15-9-4-3-8-14(15)20)29-19(23)21-12-6-5-7-13(10-12)24(27)28/h3-10,16H,2,11H2,1H3,(H,22,25). The van der Waals surface area contributed by atoms with Gasteiger partial charge >= 0.3 is 0 Å². The molecule has 0 aromatic heterocycles. The minimum Gasteiger partial charge on any atom is -0.325 e. The van der Waals surface area contributed by atoms with Crippen LogP contribution < -0.4 is 5.32 Å². The number of amidine groups is 1. The molecular weight excluding hydrogens is 460 g/mol. The van der Waals surface area contributed by atoms with Crippen molar-refractivity contribution in [2.24, 2.45) is 4.99 Å². The topological polar surface area (TPSA) is 105 Å². The Bertz CT molecular complexity index is 998. The Kier molecular flexibility index (Phi) is 6.65. The van der Waals surface area contributed by atoms with E-state index < -0.39 is 10.2 Å². The van der Waals surface area contributed by atoms with E-state index >= 15 is 0 Å². The number of para-hydroxylation sites is 1. The van der Waals surface area contributed by atoms with E-state index in [2.05, 4.69) is 26.2 Å². The van der Waals surface area contributed by atoms with Gasteiger partial charge in [-0.05, 0) is 41.1 Å². The number of thioether (sulfide) groups is 1. The van der Waals surface area contributed by atoms with Gasteiger partial charge in [-0.15, -0.1) is 0 Å². The molecule has 1 aliphatic rings. The molecule has 0 saturated carbocycles. The zero-order chi connectivity index (χ0) is 21.0. The number of nitro benzene ring substituents is 1. The fraction of sp³-hybridized carbons (Fsp3) is 0.211. The normalized spacial score (nSPS) is 17.6. The molecule has 1 aliphatic heterocycles. The quantitative estimate of drug-likeness (QED) is 0.493. The minimum absolute atomic E-state index is 0.00467. The van der Waals surface area contributed by atoms with Crippen molar-refractivity contribution < 1.29 is 14.5 Å². The molecule has 1 heterocycles. The molecular formula is C19H17BrN4O4S. The number of nitrogens with zero attached hydrogens (tertiary/aromatic N) is 3. The molecule has 2 aromatic rings. The van der Waals surface area contributed by atoms with E-state index in [1.54, 1.807) is 18.2 Å². The van der Waals surface area contributed by atoms with Crippen LogP contribution in [0, 0.1) is 10.1 Å². The molecule has 1 atom stereocenters. The lowest BCUT2D eigenvalue weighted by Gasteiger charge is -2.13. The number of amides is 2. The first kappa shape index (κ1) is 21.0. The fourth-order valence-electron chi connectivity index (χ4n) is 2.73. The number of carbonyl (C=O) groups is 2. The SMILES string of the molecule is CCN1C(=O)C(CC(=O)Nc2ccccc2Br)SC1=Nc1cccc([N+](=O)[O-])c1. The number of halogens is 1. The molecule has 10 heteroatoms. The van der Waals surface area contributed by atoms with Crippen LogP contribution in [0.2, 0.25) is 0 Å². The molecule has 1 unspecified atom stereocenters. The smallest absolute Gasteiger partial charge is 0.271 e. The van der Waals surface area contributed by atoms with Gasteiger partial charge in [0.1, 0.15) is 5.25 Å². The third kappa shape index (κ3) is 5.01. The van der Waals surface area contributed by atoms with Crippen LogP contribution in [0.3, 0.4) is 0 Å². The summed E-state index contributed by atoms with van der Waals surface area (Å²) in [6.45, 7) is 2.20. The van der Waals surface area contributed by atoms with Gasteiger partial charge in [-0.2, -0.15) is 0 Å². The molecule has 1 saturated heterocycles. The summed E-state index contributed by atoms with van der Waals surface area (Å²) in [7, 11) is 0. The number of benzene rings is 2. The van der Waals surface area contributed by atoms with Crippen LogP contribution in [0.4, 0.5) is 17.1 Å². The van der Waals surface area contributed by atoms with Crippen molar-refractivity contribution in [3.05, 3.63) is 63.1 Å². The average Bonchev–Trinajstić information content (AvgIpc) is 2.98. The maximum atomic E-state index is 12.7. The molecule has 0 spiro atoms. The minimum atomic E-state index is -0.602. The van der Waals surface area contributed by atoms with E-state index in [1.807, 2.05) is 19.1 Å². The summed E-state index contributed by atoms with van der Waals surface area (Å²) in [6, 6.07) is 13.1. The van der Waals surface area contributed by atoms with Gasteiger partial charge in [0.2, 0.25) is 11.8 Å². The lowest BCUT2D eigenvalue weighted by molar-refractivity contribution is -0.384. The highest BCUT2D eigenvalue weighted by molar-refractivity contribution is 9.10. The predicted molar refractivity (Wildman–Crippen MR) is 116 cm³/mol. The summed E-state index contributed by atoms with van der Waals surface area (Å²) < 4.78 is 0.752. The second-order valence-corrected chi connectivity index (χ2v) is 8.12. The van der Waals surface area contributed by atoms with Crippen molar-refractivity contribution in [1.82, 2.24) is 4.90 Å².